The molecule has 1 aliphatic rings. The van der Waals surface area contributed by atoms with E-state index in [9.17, 15) is 22.8 Å². The zero-order chi connectivity index (χ0) is 23.8. The van der Waals surface area contributed by atoms with Gasteiger partial charge in [-0.15, -0.1) is 0 Å². The van der Waals surface area contributed by atoms with Gasteiger partial charge in [-0.05, 0) is 55.5 Å². The van der Waals surface area contributed by atoms with Gasteiger partial charge in [-0.2, -0.15) is 0 Å². The zero-order valence-corrected chi connectivity index (χ0v) is 18.5. The van der Waals surface area contributed by atoms with Crippen molar-refractivity contribution in [2.24, 2.45) is 5.14 Å². The first-order chi connectivity index (χ1) is 15.6. The molecule has 3 aromatic rings. The van der Waals surface area contributed by atoms with Gasteiger partial charge in [0.1, 0.15) is 11.8 Å². The van der Waals surface area contributed by atoms with Gasteiger partial charge >= 0.3 is 0 Å². The molecule has 170 valence electrons. The van der Waals surface area contributed by atoms with Crippen LogP contribution in [-0.4, -0.2) is 37.1 Å². The Morgan fingerprint density at radius 3 is 2.45 bits per heavy atom. The molecule has 0 saturated carbocycles. The van der Waals surface area contributed by atoms with Crippen LogP contribution in [0.1, 0.15) is 28.1 Å². The number of nitrogens with zero attached hydrogens (tertiary/aromatic N) is 2. The number of hydrogen-bond donors (Lipinski definition) is 1. The van der Waals surface area contributed by atoms with E-state index in [2.05, 4.69) is 0 Å². The van der Waals surface area contributed by atoms with Crippen LogP contribution in [0.2, 0.25) is 0 Å². The lowest BCUT2D eigenvalue weighted by Gasteiger charge is -2.27. The van der Waals surface area contributed by atoms with Gasteiger partial charge in [0.05, 0.1) is 29.8 Å². The molecule has 1 saturated heterocycles. The van der Waals surface area contributed by atoms with Crippen LogP contribution < -0.4 is 10.0 Å². The van der Waals surface area contributed by atoms with Crippen LogP contribution in [-0.2, 0) is 26.2 Å². The Kier molecular flexibility index (Phi) is 5.88. The summed E-state index contributed by atoms with van der Waals surface area (Å²) in [5.74, 6) is -1.04. The van der Waals surface area contributed by atoms with E-state index in [1.54, 1.807) is 30.3 Å². The number of aryl methyl sites for hydroxylation is 1. The second kappa shape index (κ2) is 8.64. The summed E-state index contributed by atoms with van der Waals surface area (Å²) in [5, 5.41) is 5.11. The highest BCUT2D eigenvalue weighted by Gasteiger charge is 2.44. The molecule has 9 nitrogen and oxygen atoms in total. The van der Waals surface area contributed by atoms with Crippen LogP contribution in [0, 0.1) is 6.92 Å². The van der Waals surface area contributed by atoms with Crippen molar-refractivity contribution >= 4 is 33.4 Å². The predicted molar refractivity (Wildman–Crippen MR) is 118 cm³/mol. The second-order valence-corrected chi connectivity index (χ2v) is 9.27. The number of furan rings is 1. The van der Waals surface area contributed by atoms with E-state index in [-0.39, 0.29) is 23.5 Å². The normalized spacial score (nSPS) is 16.3. The number of nitrogens with two attached hydrogens (primary N) is 1. The molecule has 1 atom stereocenters. The Morgan fingerprint density at radius 1 is 1.12 bits per heavy atom. The molecule has 0 bridgehead atoms. The molecule has 1 fully saturated rings. The number of anilines is 1. The van der Waals surface area contributed by atoms with Crippen LogP contribution in [0.25, 0.3) is 0 Å². The first-order valence-electron chi connectivity index (χ1n) is 10.0. The van der Waals surface area contributed by atoms with Crippen molar-refractivity contribution in [2.45, 2.75) is 30.8 Å². The highest BCUT2D eigenvalue weighted by atomic mass is 32.2. The fourth-order valence-corrected chi connectivity index (χ4v) is 4.27. The van der Waals surface area contributed by atoms with Crippen LogP contribution in [0.15, 0.2) is 76.2 Å². The number of carbonyl (C=O) groups excluding carboxylic acids is 3. The monoisotopic (exact) mass is 467 g/mol. The predicted octanol–water partition coefficient (Wildman–Crippen LogP) is 2.21. The molecule has 2 N–H and O–H groups in total. The fraction of sp³-hybridized carbons (Fsp3) is 0.174. The second-order valence-electron chi connectivity index (χ2n) is 7.71. The number of hydrogen-bond acceptors (Lipinski definition) is 6. The number of sulfonamides is 1. The first kappa shape index (κ1) is 22.4. The molecule has 33 heavy (non-hydrogen) atoms. The Morgan fingerprint density at radius 2 is 1.85 bits per heavy atom. The SMILES string of the molecule is Cc1cccc(C(=O)N(Cc2ccco2)C2CC(=O)N(c3ccc(S(N)(=O)=O)cc3)C2=O)c1. The Balaban J connectivity index is 1.67. The Hall–Kier alpha value is -3.76. The van der Waals surface area contributed by atoms with E-state index >= 15 is 0 Å². The summed E-state index contributed by atoms with van der Waals surface area (Å²) in [7, 11) is -3.92. The van der Waals surface area contributed by atoms with Crippen molar-refractivity contribution in [2.75, 3.05) is 4.90 Å². The van der Waals surface area contributed by atoms with Gasteiger partial charge in [0.2, 0.25) is 15.9 Å². The van der Waals surface area contributed by atoms with Gasteiger partial charge in [-0.1, -0.05) is 17.7 Å². The molecular formula is C23H21N3O6S. The maximum Gasteiger partial charge on any atom is 0.257 e. The number of amides is 3. The van der Waals surface area contributed by atoms with E-state index in [1.807, 2.05) is 13.0 Å². The zero-order valence-electron chi connectivity index (χ0n) is 17.7. The number of primary sulfonamides is 1. The lowest BCUT2D eigenvalue weighted by molar-refractivity contribution is -0.122. The third kappa shape index (κ3) is 4.57. The van der Waals surface area contributed by atoms with E-state index in [0.29, 0.717) is 11.3 Å². The highest BCUT2D eigenvalue weighted by Crippen LogP contribution is 2.28. The standard InChI is InChI=1S/C23H21N3O6S/c1-15-4-2-5-16(12-15)22(28)25(14-18-6-3-11-32-18)20-13-21(27)26(23(20)29)17-7-9-19(10-8-17)33(24,30)31/h2-12,20H,13-14H2,1H3,(H2,24,30,31). The fourth-order valence-electron chi connectivity index (χ4n) is 3.75. The highest BCUT2D eigenvalue weighted by molar-refractivity contribution is 7.89. The van der Waals surface area contributed by atoms with Gasteiger partial charge in [0.25, 0.3) is 11.8 Å². The van der Waals surface area contributed by atoms with Gasteiger partial charge in [-0.25, -0.2) is 18.5 Å². The third-order valence-electron chi connectivity index (χ3n) is 5.35. The maximum absolute atomic E-state index is 13.4. The molecule has 0 radical (unpaired) electrons. The van der Waals surface area contributed by atoms with E-state index in [0.717, 1.165) is 10.5 Å². The van der Waals surface area contributed by atoms with Crippen molar-refractivity contribution in [3.8, 4) is 0 Å². The van der Waals surface area contributed by atoms with Crippen LogP contribution in [0.3, 0.4) is 0 Å². The van der Waals surface area contributed by atoms with Crippen molar-refractivity contribution in [3.63, 3.8) is 0 Å². The van der Waals surface area contributed by atoms with Crippen LogP contribution in [0.4, 0.5) is 5.69 Å². The minimum Gasteiger partial charge on any atom is -0.467 e. The minimum absolute atomic E-state index is 0.00164. The minimum atomic E-state index is -3.92. The van der Waals surface area contributed by atoms with Crippen molar-refractivity contribution in [1.29, 1.82) is 0 Å². The van der Waals surface area contributed by atoms with Gasteiger partial charge in [0, 0.05) is 5.56 Å². The molecular weight excluding hydrogens is 446 g/mol. The Bertz CT molecular complexity index is 1320. The van der Waals surface area contributed by atoms with Gasteiger partial charge in [-0.3, -0.25) is 14.4 Å². The first-order valence-corrected chi connectivity index (χ1v) is 11.6. The van der Waals surface area contributed by atoms with Crippen molar-refractivity contribution < 1.29 is 27.2 Å². The maximum atomic E-state index is 13.4. The summed E-state index contributed by atoms with van der Waals surface area (Å²) in [6, 6.07) is 14.4. The largest absolute Gasteiger partial charge is 0.467 e. The number of carbonyl (C=O) groups is 3. The van der Waals surface area contributed by atoms with E-state index in [1.165, 1.54) is 35.4 Å². The van der Waals surface area contributed by atoms with E-state index in [4.69, 9.17) is 9.56 Å². The molecule has 2 aromatic carbocycles. The number of rotatable bonds is 6. The summed E-state index contributed by atoms with van der Waals surface area (Å²) in [4.78, 5) is 41.6. The molecule has 1 aromatic heterocycles. The summed E-state index contributed by atoms with van der Waals surface area (Å²) in [6.45, 7) is 1.85. The Labute approximate surface area is 190 Å². The summed E-state index contributed by atoms with van der Waals surface area (Å²) in [5.41, 5.74) is 1.46. The van der Waals surface area contributed by atoms with Gasteiger partial charge < -0.3 is 9.32 Å². The smallest absolute Gasteiger partial charge is 0.257 e. The lowest BCUT2D eigenvalue weighted by Crippen LogP contribution is -2.45. The third-order valence-corrected chi connectivity index (χ3v) is 6.28. The molecule has 0 aliphatic carbocycles. The van der Waals surface area contributed by atoms with Crippen molar-refractivity contribution in [1.82, 2.24) is 4.90 Å². The molecule has 4 rings (SSSR count). The lowest BCUT2D eigenvalue weighted by atomic mass is 10.1. The summed E-state index contributed by atoms with van der Waals surface area (Å²) >= 11 is 0. The van der Waals surface area contributed by atoms with E-state index < -0.39 is 33.8 Å². The molecule has 1 unspecified atom stereocenters. The van der Waals surface area contributed by atoms with Gasteiger partial charge in [0.15, 0.2) is 0 Å². The average Bonchev–Trinajstić information content (AvgIpc) is 3.38. The molecule has 2 heterocycles. The number of imide groups is 1. The summed E-state index contributed by atoms with van der Waals surface area (Å²) < 4.78 is 28.4. The van der Waals surface area contributed by atoms with Crippen LogP contribution >= 0.6 is 0 Å². The van der Waals surface area contributed by atoms with Crippen molar-refractivity contribution in [3.05, 3.63) is 83.8 Å². The summed E-state index contributed by atoms with van der Waals surface area (Å²) in [6.07, 6.45) is 1.25. The number of benzene rings is 2. The quantitative estimate of drug-likeness (QED) is 0.553. The molecule has 0 spiro atoms. The molecule has 3 amide bonds. The molecule has 1 aliphatic heterocycles. The topological polar surface area (TPSA) is 131 Å². The average molecular weight is 468 g/mol. The molecule has 10 heteroatoms. The van der Waals surface area contributed by atoms with Crippen LogP contribution in [0.5, 0.6) is 0 Å².